The average Bonchev–Trinajstić information content (AvgIpc) is 2.82. The van der Waals surface area contributed by atoms with Crippen LogP contribution in [0.3, 0.4) is 0 Å². The van der Waals surface area contributed by atoms with Crippen molar-refractivity contribution in [2.75, 3.05) is 13.1 Å². The minimum atomic E-state index is -0.192. The summed E-state index contributed by atoms with van der Waals surface area (Å²) < 4.78 is 3.56. The van der Waals surface area contributed by atoms with Crippen molar-refractivity contribution in [2.45, 2.75) is 32.9 Å². The monoisotopic (exact) mass is 333 g/mol. The first-order valence-electron chi connectivity index (χ1n) is 7.91. The van der Waals surface area contributed by atoms with Gasteiger partial charge in [0.05, 0.1) is 11.4 Å². The maximum Gasteiger partial charge on any atom is 0.290 e. The van der Waals surface area contributed by atoms with E-state index in [1.807, 2.05) is 41.9 Å². The van der Waals surface area contributed by atoms with Crippen LogP contribution in [0.25, 0.3) is 5.69 Å². The molecule has 5 nitrogen and oxygen atoms in total. The maximum absolute atomic E-state index is 12.6. The van der Waals surface area contributed by atoms with E-state index in [-0.39, 0.29) is 10.6 Å². The highest BCUT2D eigenvalue weighted by atomic mass is 35.5. The van der Waals surface area contributed by atoms with Crippen molar-refractivity contribution in [2.24, 2.45) is 0 Å². The third-order valence-electron chi connectivity index (χ3n) is 4.27. The Morgan fingerprint density at radius 2 is 1.74 bits per heavy atom. The smallest absolute Gasteiger partial charge is 0.290 e. The number of carbonyl (C=O) groups is 1. The Hall–Kier alpha value is -1.85. The van der Waals surface area contributed by atoms with E-state index in [1.165, 1.54) is 0 Å². The molecule has 6 heteroatoms. The summed E-state index contributed by atoms with van der Waals surface area (Å²) in [7, 11) is 0. The number of rotatable bonds is 4. The number of halogens is 1. The molecule has 0 atom stereocenters. The Labute approximate surface area is 140 Å². The van der Waals surface area contributed by atoms with Crippen LogP contribution in [0.5, 0.6) is 0 Å². The van der Waals surface area contributed by atoms with Crippen LogP contribution in [-0.2, 0) is 17.9 Å². The van der Waals surface area contributed by atoms with Gasteiger partial charge in [0, 0.05) is 39.0 Å². The Morgan fingerprint density at radius 3 is 2.35 bits per heavy atom. The Balaban J connectivity index is 1.98. The lowest BCUT2D eigenvalue weighted by Gasteiger charge is -2.26. The summed E-state index contributed by atoms with van der Waals surface area (Å²) in [5.41, 5.74) is 1.43. The maximum atomic E-state index is 12.6. The van der Waals surface area contributed by atoms with E-state index in [0.717, 1.165) is 24.5 Å². The van der Waals surface area contributed by atoms with E-state index in [4.69, 9.17) is 11.6 Å². The molecule has 1 aromatic heterocycles. The van der Waals surface area contributed by atoms with Gasteiger partial charge in [0.25, 0.3) is 5.56 Å². The molecular weight excluding hydrogens is 314 g/mol. The summed E-state index contributed by atoms with van der Waals surface area (Å²) in [5.74, 6) is 0.307. The van der Waals surface area contributed by atoms with E-state index in [9.17, 15) is 9.59 Å². The zero-order chi connectivity index (χ0) is 16.4. The van der Waals surface area contributed by atoms with E-state index in [2.05, 4.69) is 4.90 Å². The number of hydrogen-bond donors (Lipinski definition) is 0. The first-order chi connectivity index (χ1) is 11.1. The summed E-state index contributed by atoms with van der Waals surface area (Å²) in [6.07, 6.45) is 1.15. The van der Waals surface area contributed by atoms with E-state index >= 15 is 0 Å². The standard InChI is InChI=1S/C17H20ClN3O2/c1-2-20-15(12-19-10-8-14(22)9-11-19)16(18)17(23)21(20)13-6-4-3-5-7-13/h3-7H,2,8-12H2,1H3. The molecule has 1 aliphatic rings. The van der Waals surface area contributed by atoms with Gasteiger partial charge in [0.15, 0.2) is 0 Å². The van der Waals surface area contributed by atoms with Gasteiger partial charge in [-0.25, -0.2) is 4.68 Å². The number of Topliss-reactive ketones (excluding diaryl/α,β-unsaturated/α-hetero) is 1. The Bertz CT molecular complexity index is 754. The first-order valence-corrected chi connectivity index (χ1v) is 8.29. The lowest BCUT2D eigenvalue weighted by molar-refractivity contribution is -0.121. The van der Waals surface area contributed by atoms with Crippen molar-refractivity contribution in [1.29, 1.82) is 0 Å². The quantitative estimate of drug-likeness (QED) is 0.863. The van der Waals surface area contributed by atoms with Crippen LogP contribution in [0.15, 0.2) is 35.1 Å². The molecule has 0 amide bonds. The fourth-order valence-electron chi connectivity index (χ4n) is 3.04. The van der Waals surface area contributed by atoms with Crippen molar-refractivity contribution in [3.8, 4) is 5.69 Å². The van der Waals surface area contributed by atoms with Gasteiger partial charge in [0.2, 0.25) is 0 Å². The van der Waals surface area contributed by atoms with Crippen LogP contribution in [0, 0.1) is 0 Å². The summed E-state index contributed by atoms with van der Waals surface area (Å²) >= 11 is 6.35. The lowest BCUT2D eigenvalue weighted by atomic mass is 10.1. The number of ketones is 1. The van der Waals surface area contributed by atoms with Gasteiger partial charge >= 0.3 is 0 Å². The number of hydrogen-bond acceptors (Lipinski definition) is 3. The van der Waals surface area contributed by atoms with Crippen LogP contribution >= 0.6 is 11.6 Å². The Morgan fingerprint density at radius 1 is 1.09 bits per heavy atom. The fraction of sp³-hybridized carbons (Fsp3) is 0.412. The van der Waals surface area contributed by atoms with Crippen LogP contribution in [-0.4, -0.2) is 33.1 Å². The molecule has 2 heterocycles. The SMILES string of the molecule is CCn1c(CN2CCC(=O)CC2)c(Cl)c(=O)n1-c1ccccc1. The summed E-state index contributed by atoms with van der Waals surface area (Å²) in [6, 6.07) is 9.51. The van der Waals surface area contributed by atoms with Gasteiger partial charge in [-0.2, -0.15) is 0 Å². The molecule has 0 spiro atoms. The molecule has 0 bridgehead atoms. The number of nitrogens with zero attached hydrogens (tertiary/aromatic N) is 3. The summed E-state index contributed by atoms with van der Waals surface area (Å²) in [5, 5.41) is 0.271. The number of piperidine rings is 1. The Kier molecular flexibility index (Phi) is 4.68. The normalized spacial score (nSPS) is 16.0. The van der Waals surface area contributed by atoms with Crippen molar-refractivity contribution >= 4 is 17.4 Å². The molecule has 0 radical (unpaired) electrons. The molecule has 1 saturated heterocycles. The topological polar surface area (TPSA) is 47.2 Å². The average molecular weight is 334 g/mol. The molecule has 0 saturated carbocycles. The molecule has 0 N–H and O–H groups in total. The predicted molar refractivity (Wildman–Crippen MR) is 90.2 cm³/mol. The van der Waals surface area contributed by atoms with Crippen LogP contribution < -0.4 is 5.56 Å². The van der Waals surface area contributed by atoms with E-state index in [0.29, 0.717) is 31.7 Å². The largest absolute Gasteiger partial charge is 0.300 e. The summed E-state index contributed by atoms with van der Waals surface area (Å²) in [6.45, 7) is 4.69. The predicted octanol–water partition coefficient (Wildman–Crippen LogP) is 2.48. The molecule has 23 heavy (non-hydrogen) atoms. The van der Waals surface area contributed by atoms with Crippen LogP contribution in [0.4, 0.5) is 0 Å². The van der Waals surface area contributed by atoms with Crippen LogP contribution in [0.2, 0.25) is 5.02 Å². The molecular formula is C17H20ClN3O2. The molecule has 1 aromatic carbocycles. The number of aromatic nitrogens is 2. The molecule has 2 aromatic rings. The van der Waals surface area contributed by atoms with Gasteiger partial charge in [-0.1, -0.05) is 29.8 Å². The minimum absolute atomic E-state index is 0.192. The molecule has 0 unspecified atom stereocenters. The van der Waals surface area contributed by atoms with Gasteiger partial charge < -0.3 is 0 Å². The van der Waals surface area contributed by atoms with Gasteiger partial charge in [-0.3, -0.25) is 19.2 Å². The van der Waals surface area contributed by atoms with Crippen molar-refractivity contribution in [3.63, 3.8) is 0 Å². The molecule has 0 aliphatic carbocycles. The highest BCUT2D eigenvalue weighted by Crippen LogP contribution is 2.20. The van der Waals surface area contributed by atoms with E-state index in [1.54, 1.807) is 4.68 Å². The second-order valence-electron chi connectivity index (χ2n) is 5.74. The number of carbonyl (C=O) groups excluding carboxylic acids is 1. The third-order valence-corrected chi connectivity index (χ3v) is 4.65. The summed E-state index contributed by atoms with van der Waals surface area (Å²) in [4.78, 5) is 26.2. The van der Waals surface area contributed by atoms with Gasteiger partial charge in [-0.05, 0) is 19.1 Å². The highest BCUT2D eigenvalue weighted by molar-refractivity contribution is 6.31. The van der Waals surface area contributed by atoms with Gasteiger partial charge in [0.1, 0.15) is 10.8 Å². The van der Waals surface area contributed by atoms with Crippen LogP contribution in [0.1, 0.15) is 25.5 Å². The second kappa shape index (κ2) is 6.72. The minimum Gasteiger partial charge on any atom is -0.300 e. The molecule has 122 valence electrons. The van der Waals surface area contributed by atoms with Crippen molar-refractivity contribution in [1.82, 2.24) is 14.3 Å². The second-order valence-corrected chi connectivity index (χ2v) is 6.12. The fourth-order valence-corrected chi connectivity index (χ4v) is 3.28. The zero-order valence-electron chi connectivity index (χ0n) is 13.2. The number of benzene rings is 1. The molecule has 3 rings (SSSR count). The lowest BCUT2D eigenvalue weighted by Crippen LogP contribution is -2.34. The molecule has 1 aliphatic heterocycles. The first kappa shape index (κ1) is 16.0. The highest BCUT2D eigenvalue weighted by Gasteiger charge is 2.23. The van der Waals surface area contributed by atoms with Crippen molar-refractivity contribution in [3.05, 3.63) is 51.4 Å². The van der Waals surface area contributed by atoms with Crippen molar-refractivity contribution < 1.29 is 4.79 Å². The number of likely N-dealkylation sites (tertiary alicyclic amines) is 1. The number of para-hydroxylation sites is 1. The molecule has 1 fully saturated rings. The third kappa shape index (κ3) is 3.12. The van der Waals surface area contributed by atoms with Gasteiger partial charge in [-0.15, -0.1) is 0 Å². The van der Waals surface area contributed by atoms with E-state index < -0.39 is 0 Å². The zero-order valence-corrected chi connectivity index (χ0v) is 13.9.